The molecule has 2 aliphatic heterocycles. The number of ether oxygens (including phenoxy) is 1. The quantitative estimate of drug-likeness (QED) is 0.741. The summed E-state index contributed by atoms with van der Waals surface area (Å²) in [5, 5.41) is 3.30. The highest BCUT2D eigenvalue weighted by molar-refractivity contribution is 9.11. The Morgan fingerprint density at radius 1 is 1.63 bits per heavy atom. The number of hydrogen-bond acceptors (Lipinski definition) is 5. The van der Waals surface area contributed by atoms with E-state index in [0.717, 1.165) is 29.7 Å². The first-order valence-corrected chi connectivity index (χ1v) is 7.27. The predicted molar refractivity (Wildman–Crippen MR) is 77.4 cm³/mol. The number of carbonyl (C=O) groups is 1. The molecule has 0 aromatic heterocycles. The molecule has 2 rings (SSSR count). The van der Waals surface area contributed by atoms with Crippen LogP contribution >= 0.6 is 15.9 Å². The zero-order valence-corrected chi connectivity index (χ0v) is 12.9. The van der Waals surface area contributed by atoms with Crippen LogP contribution in [0.15, 0.2) is 22.0 Å². The van der Waals surface area contributed by atoms with Gasteiger partial charge in [0.25, 0.3) is 0 Å². The Hall–Kier alpha value is -1.01. The van der Waals surface area contributed by atoms with Crippen molar-refractivity contribution >= 4 is 21.9 Å². The summed E-state index contributed by atoms with van der Waals surface area (Å²) in [6.07, 6.45) is 3.71. The fourth-order valence-corrected chi connectivity index (χ4v) is 2.97. The maximum Gasteiger partial charge on any atom is 0.341 e. The van der Waals surface area contributed by atoms with E-state index >= 15 is 0 Å². The Morgan fingerprint density at radius 2 is 2.37 bits per heavy atom. The second-order valence-corrected chi connectivity index (χ2v) is 6.04. The average molecular weight is 330 g/mol. The zero-order valence-electron chi connectivity index (χ0n) is 11.3. The van der Waals surface area contributed by atoms with Crippen molar-refractivity contribution in [3.05, 3.63) is 22.0 Å². The number of carbonyl (C=O) groups excluding carboxylic acids is 1. The minimum absolute atomic E-state index is 0.249. The molecule has 0 amide bonds. The van der Waals surface area contributed by atoms with Crippen LogP contribution in [0.25, 0.3) is 0 Å². The zero-order chi connectivity index (χ0) is 14.0. The summed E-state index contributed by atoms with van der Waals surface area (Å²) in [5.74, 6) is 0.538. The lowest BCUT2D eigenvalue weighted by molar-refractivity contribution is -0.135. The van der Waals surface area contributed by atoms with Crippen LogP contribution in [0.2, 0.25) is 0 Å². The molecular formula is C13H20BrN3O2. The van der Waals surface area contributed by atoms with Crippen LogP contribution in [0.1, 0.15) is 19.8 Å². The first-order chi connectivity index (χ1) is 9.02. The van der Waals surface area contributed by atoms with Crippen molar-refractivity contribution in [2.24, 2.45) is 5.73 Å². The Kier molecular flexibility index (Phi) is 4.52. The van der Waals surface area contributed by atoms with E-state index < -0.39 is 0 Å². The molecule has 2 unspecified atom stereocenters. The number of nitrogens with zero attached hydrogens (tertiary/aromatic N) is 1. The average Bonchev–Trinajstić information content (AvgIpc) is 2.38. The predicted octanol–water partition coefficient (Wildman–Crippen LogP) is 1.06. The van der Waals surface area contributed by atoms with E-state index in [1.54, 1.807) is 0 Å². The van der Waals surface area contributed by atoms with Crippen molar-refractivity contribution in [2.45, 2.75) is 31.8 Å². The van der Waals surface area contributed by atoms with Crippen molar-refractivity contribution in [3.8, 4) is 0 Å². The molecule has 2 aliphatic rings. The summed E-state index contributed by atoms with van der Waals surface area (Å²) >= 11 is 3.42. The Bertz CT molecular complexity index is 434. The second-order valence-electron chi connectivity index (χ2n) is 5.03. The number of methoxy groups -OCH3 is 1. The van der Waals surface area contributed by atoms with Gasteiger partial charge in [0.2, 0.25) is 0 Å². The lowest BCUT2D eigenvalue weighted by atomic mass is 9.98. The molecular weight excluding hydrogens is 310 g/mol. The molecule has 0 aromatic rings. The van der Waals surface area contributed by atoms with E-state index in [9.17, 15) is 4.79 Å². The topological polar surface area (TPSA) is 67.6 Å². The van der Waals surface area contributed by atoms with Gasteiger partial charge in [0, 0.05) is 29.7 Å². The lowest BCUT2D eigenvalue weighted by Crippen LogP contribution is -2.49. The summed E-state index contributed by atoms with van der Waals surface area (Å²) in [5.41, 5.74) is 6.56. The third-order valence-electron chi connectivity index (χ3n) is 3.59. The van der Waals surface area contributed by atoms with Gasteiger partial charge in [0.15, 0.2) is 0 Å². The summed E-state index contributed by atoms with van der Waals surface area (Å²) < 4.78 is 5.80. The molecule has 0 bridgehead atoms. The smallest absolute Gasteiger partial charge is 0.341 e. The Balaban J connectivity index is 2.30. The van der Waals surface area contributed by atoms with Gasteiger partial charge in [0.05, 0.1) is 7.11 Å². The van der Waals surface area contributed by atoms with Crippen LogP contribution in [-0.2, 0) is 9.53 Å². The number of piperidine rings is 1. The minimum atomic E-state index is -0.318. The van der Waals surface area contributed by atoms with Crippen molar-refractivity contribution in [3.63, 3.8) is 0 Å². The summed E-state index contributed by atoms with van der Waals surface area (Å²) in [7, 11) is 1.40. The Morgan fingerprint density at radius 3 is 3.00 bits per heavy atom. The van der Waals surface area contributed by atoms with E-state index in [1.807, 2.05) is 6.08 Å². The summed E-state index contributed by atoms with van der Waals surface area (Å²) in [6, 6.07) is 0.565. The van der Waals surface area contributed by atoms with Crippen LogP contribution in [0.5, 0.6) is 0 Å². The number of dihydropyridines is 1. The van der Waals surface area contributed by atoms with Gasteiger partial charge in [-0.15, -0.1) is 0 Å². The van der Waals surface area contributed by atoms with E-state index in [1.165, 1.54) is 7.11 Å². The van der Waals surface area contributed by atoms with Gasteiger partial charge in [-0.3, -0.25) is 0 Å². The molecule has 1 saturated heterocycles. The standard InChI is InChI=1S/C13H20BrN3O2/c1-8-5-10(15)3-4-17(8)12-11(13(18)19-2)6-9(14)7-16-12/h6,8,10,16H,3-5,7,15H2,1-2H3. The molecule has 2 atom stereocenters. The summed E-state index contributed by atoms with van der Waals surface area (Å²) in [6.45, 7) is 3.68. The summed E-state index contributed by atoms with van der Waals surface area (Å²) in [4.78, 5) is 14.1. The number of nitrogens with two attached hydrogens (primary N) is 1. The molecule has 2 heterocycles. The van der Waals surface area contributed by atoms with Gasteiger partial charge in [-0.25, -0.2) is 4.79 Å². The molecule has 3 N–H and O–H groups in total. The molecule has 6 heteroatoms. The highest BCUT2D eigenvalue weighted by Gasteiger charge is 2.29. The van der Waals surface area contributed by atoms with Gasteiger partial charge in [-0.05, 0) is 25.8 Å². The molecule has 0 saturated carbocycles. The van der Waals surface area contributed by atoms with E-state index in [-0.39, 0.29) is 12.0 Å². The fourth-order valence-electron chi connectivity index (χ4n) is 2.60. The molecule has 19 heavy (non-hydrogen) atoms. The van der Waals surface area contributed by atoms with Gasteiger partial charge in [-0.2, -0.15) is 0 Å². The van der Waals surface area contributed by atoms with Gasteiger partial charge >= 0.3 is 5.97 Å². The van der Waals surface area contributed by atoms with Crippen molar-refractivity contribution in [2.75, 3.05) is 20.2 Å². The maximum atomic E-state index is 11.9. The van der Waals surface area contributed by atoms with Crippen LogP contribution in [0, 0.1) is 0 Å². The first kappa shape index (κ1) is 14.4. The fraction of sp³-hybridized carbons (Fsp3) is 0.615. The molecule has 0 aliphatic carbocycles. The highest BCUT2D eigenvalue weighted by Crippen LogP contribution is 2.26. The lowest BCUT2D eigenvalue weighted by Gasteiger charge is -2.41. The van der Waals surface area contributed by atoms with E-state index in [0.29, 0.717) is 18.2 Å². The highest BCUT2D eigenvalue weighted by atomic mass is 79.9. The number of esters is 1. The number of likely N-dealkylation sites (tertiary alicyclic amines) is 1. The first-order valence-electron chi connectivity index (χ1n) is 6.47. The molecule has 0 spiro atoms. The molecule has 0 radical (unpaired) electrons. The minimum Gasteiger partial charge on any atom is -0.465 e. The molecule has 106 valence electrons. The largest absolute Gasteiger partial charge is 0.465 e. The van der Waals surface area contributed by atoms with Gasteiger partial charge in [-0.1, -0.05) is 15.9 Å². The maximum absolute atomic E-state index is 11.9. The van der Waals surface area contributed by atoms with Crippen LogP contribution in [0.4, 0.5) is 0 Å². The second kappa shape index (κ2) is 5.96. The third kappa shape index (κ3) is 3.12. The van der Waals surface area contributed by atoms with Gasteiger partial charge < -0.3 is 20.7 Å². The van der Waals surface area contributed by atoms with Crippen molar-refractivity contribution in [1.82, 2.24) is 10.2 Å². The third-order valence-corrected chi connectivity index (χ3v) is 4.10. The molecule has 0 aromatic carbocycles. The van der Waals surface area contributed by atoms with E-state index in [2.05, 4.69) is 33.1 Å². The van der Waals surface area contributed by atoms with Crippen LogP contribution < -0.4 is 11.1 Å². The van der Waals surface area contributed by atoms with Crippen LogP contribution in [0.3, 0.4) is 0 Å². The van der Waals surface area contributed by atoms with Crippen molar-refractivity contribution in [1.29, 1.82) is 0 Å². The number of nitrogens with one attached hydrogen (secondary N) is 1. The Labute approximate surface area is 122 Å². The molecule has 5 nitrogen and oxygen atoms in total. The number of rotatable bonds is 2. The normalized spacial score (nSPS) is 27.8. The van der Waals surface area contributed by atoms with Gasteiger partial charge in [0.1, 0.15) is 11.4 Å². The van der Waals surface area contributed by atoms with Crippen LogP contribution in [-0.4, -0.2) is 43.2 Å². The SMILES string of the molecule is COC(=O)C1=C(N2CCC(N)CC2C)NCC(Br)=C1. The monoisotopic (exact) mass is 329 g/mol. The molecule has 1 fully saturated rings. The number of halogens is 1. The van der Waals surface area contributed by atoms with E-state index in [4.69, 9.17) is 10.5 Å². The number of hydrogen-bond donors (Lipinski definition) is 2. The van der Waals surface area contributed by atoms with Crippen molar-refractivity contribution < 1.29 is 9.53 Å².